The minimum Gasteiger partial charge on any atom is -0.369 e. The van der Waals surface area contributed by atoms with E-state index in [1.165, 1.54) is 24.6 Å². The average Bonchev–Trinajstić information content (AvgIpc) is 2.62. The summed E-state index contributed by atoms with van der Waals surface area (Å²) >= 11 is 17.0. The Morgan fingerprint density at radius 1 is 1.07 bits per heavy atom. The Kier molecular flexibility index (Phi) is 6.52. The van der Waals surface area contributed by atoms with Crippen molar-refractivity contribution in [1.29, 1.82) is 0 Å². The first-order chi connectivity index (χ1) is 12.9. The fourth-order valence-electron chi connectivity index (χ4n) is 2.98. The fourth-order valence-corrected chi connectivity index (χ4v) is 3.69. The van der Waals surface area contributed by atoms with Crippen LogP contribution in [0.4, 0.5) is 15.8 Å². The predicted octanol–water partition coefficient (Wildman–Crippen LogP) is 5.25. The van der Waals surface area contributed by atoms with E-state index in [-0.39, 0.29) is 21.5 Å². The van der Waals surface area contributed by atoms with Gasteiger partial charge in [0.2, 0.25) is 0 Å². The molecule has 1 fully saturated rings. The second-order valence-electron chi connectivity index (χ2n) is 6.25. The lowest BCUT2D eigenvalue weighted by molar-refractivity contribution is 0.0978. The summed E-state index contributed by atoms with van der Waals surface area (Å²) in [6.45, 7) is 1.72. The van der Waals surface area contributed by atoms with E-state index in [9.17, 15) is 9.18 Å². The van der Waals surface area contributed by atoms with E-state index < -0.39 is 5.91 Å². The number of amides is 1. The largest absolute Gasteiger partial charge is 0.369 e. The van der Waals surface area contributed by atoms with Crippen LogP contribution in [0.25, 0.3) is 0 Å². The molecule has 8 heteroatoms. The number of benzene rings is 2. The zero-order valence-corrected chi connectivity index (χ0v) is 16.7. The maximum absolute atomic E-state index is 14.5. The van der Waals surface area contributed by atoms with Crippen LogP contribution in [0.3, 0.4) is 0 Å². The molecule has 0 spiro atoms. The van der Waals surface area contributed by atoms with Crippen LogP contribution in [0.2, 0.25) is 10.0 Å². The van der Waals surface area contributed by atoms with Gasteiger partial charge in [0.15, 0.2) is 5.11 Å². The maximum atomic E-state index is 14.5. The zero-order valence-electron chi connectivity index (χ0n) is 14.4. The Morgan fingerprint density at radius 2 is 1.81 bits per heavy atom. The number of carbonyl (C=O) groups excluding carboxylic acids is 1. The number of thiocarbonyl (C=S) groups is 1. The second-order valence-corrected chi connectivity index (χ2v) is 7.50. The average molecular weight is 426 g/mol. The van der Waals surface area contributed by atoms with Crippen molar-refractivity contribution < 1.29 is 9.18 Å². The molecule has 3 rings (SSSR count). The second kappa shape index (κ2) is 8.87. The highest BCUT2D eigenvalue weighted by molar-refractivity contribution is 7.80. The van der Waals surface area contributed by atoms with Gasteiger partial charge in [0.05, 0.1) is 16.3 Å². The number of hydrogen-bond acceptors (Lipinski definition) is 3. The molecule has 0 saturated carbocycles. The van der Waals surface area contributed by atoms with Crippen molar-refractivity contribution in [3.8, 4) is 0 Å². The monoisotopic (exact) mass is 425 g/mol. The van der Waals surface area contributed by atoms with Gasteiger partial charge >= 0.3 is 0 Å². The highest BCUT2D eigenvalue weighted by Gasteiger charge is 2.16. The Labute approximate surface area is 172 Å². The number of nitrogens with one attached hydrogen (secondary N) is 2. The third kappa shape index (κ3) is 5.09. The minimum absolute atomic E-state index is 0.0520. The van der Waals surface area contributed by atoms with Gasteiger partial charge in [0.25, 0.3) is 5.91 Å². The summed E-state index contributed by atoms with van der Waals surface area (Å²) in [5.41, 5.74) is 1.29. The van der Waals surface area contributed by atoms with Gasteiger partial charge in [-0.15, -0.1) is 0 Å². The number of hydrogen-bond donors (Lipinski definition) is 2. The van der Waals surface area contributed by atoms with E-state index in [2.05, 4.69) is 10.6 Å². The summed E-state index contributed by atoms with van der Waals surface area (Å²) in [6, 6.07) is 9.38. The predicted molar refractivity (Wildman–Crippen MR) is 113 cm³/mol. The highest BCUT2D eigenvalue weighted by Crippen LogP contribution is 2.26. The standard InChI is InChI=1S/C19H18Cl2FN3OS/c20-12-4-6-14(15(21)10-12)18(26)24-19(27)23-13-5-7-17(16(22)11-13)25-8-2-1-3-9-25/h4-7,10-11H,1-3,8-9H2,(H2,23,24,26,27). The van der Waals surface area contributed by atoms with Gasteiger partial charge in [-0.1, -0.05) is 23.2 Å². The minimum atomic E-state index is -0.473. The topological polar surface area (TPSA) is 44.4 Å². The third-order valence-corrected chi connectivity index (χ3v) is 5.06. The summed E-state index contributed by atoms with van der Waals surface area (Å²) in [7, 11) is 0. The van der Waals surface area contributed by atoms with Crippen molar-refractivity contribution in [3.63, 3.8) is 0 Å². The molecule has 0 bridgehead atoms. The van der Waals surface area contributed by atoms with E-state index in [1.54, 1.807) is 18.2 Å². The van der Waals surface area contributed by atoms with Crippen molar-refractivity contribution >= 4 is 57.8 Å². The van der Waals surface area contributed by atoms with Crippen molar-refractivity contribution in [2.24, 2.45) is 0 Å². The molecule has 4 nitrogen and oxygen atoms in total. The van der Waals surface area contributed by atoms with Crippen LogP contribution in [-0.4, -0.2) is 24.1 Å². The lowest BCUT2D eigenvalue weighted by Gasteiger charge is -2.29. The van der Waals surface area contributed by atoms with Crippen molar-refractivity contribution in [2.45, 2.75) is 19.3 Å². The molecule has 1 aliphatic rings. The number of rotatable bonds is 3. The lowest BCUT2D eigenvalue weighted by Crippen LogP contribution is -2.34. The molecule has 1 aliphatic heterocycles. The van der Waals surface area contributed by atoms with Gasteiger partial charge in [-0.25, -0.2) is 4.39 Å². The summed E-state index contributed by atoms with van der Waals surface area (Å²) < 4.78 is 14.5. The van der Waals surface area contributed by atoms with Crippen LogP contribution in [-0.2, 0) is 0 Å². The number of nitrogens with zero attached hydrogens (tertiary/aromatic N) is 1. The summed E-state index contributed by atoms with van der Waals surface area (Å²) in [5, 5.41) is 6.05. The van der Waals surface area contributed by atoms with Crippen molar-refractivity contribution in [2.75, 3.05) is 23.3 Å². The van der Waals surface area contributed by atoms with Gasteiger partial charge in [0, 0.05) is 23.8 Å². The third-order valence-electron chi connectivity index (χ3n) is 4.31. The van der Waals surface area contributed by atoms with E-state index in [0.717, 1.165) is 25.9 Å². The van der Waals surface area contributed by atoms with E-state index in [4.69, 9.17) is 35.4 Å². The van der Waals surface area contributed by atoms with Crippen LogP contribution in [0.1, 0.15) is 29.6 Å². The quantitative estimate of drug-likeness (QED) is 0.659. The molecular formula is C19H18Cl2FN3OS. The van der Waals surface area contributed by atoms with Gasteiger partial charge < -0.3 is 10.2 Å². The Hall–Kier alpha value is -1.89. The normalized spacial score (nSPS) is 14.0. The van der Waals surface area contributed by atoms with Gasteiger partial charge in [-0.05, 0) is 67.9 Å². The molecule has 2 aromatic rings. The smallest absolute Gasteiger partial charge is 0.258 e. The molecule has 2 aromatic carbocycles. The first-order valence-corrected chi connectivity index (χ1v) is 9.72. The van der Waals surface area contributed by atoms with E-state index in [1.807, 2.05) is 4.90 Å². The molecule has 0 radical (unpaired) electrons. The van der Waals surface area contributed by atoms with Crippen molar-refractivity contribution in [1.82, 2.24) is 5.32 Å². The molecule has 0 aliphatic carbocycles. The fraction of sp³-hybridized carbons (Fsp3) is 0.263. The molecule has 1 saturated heterocycles. The number of piperidine rings is 1. The SMILES string of the molecule is O=C(NC(=S)Nc1ccc(N2CCCCC2)c(F)c1)c1ccc(Cl)cc1Cl. The number of carbonyl (C=O) groups is 1. The van der Waals surface area contributed by atoms with Crippen LogP contribution in [0.5, 0.6) is 0 Å². The summed E-state index contributed by atoms with van der Waals surface area (Å²) in [6.07, 6.45) is 3.33. The van der Waals surface area contributed by atoms with E-state index in [0.29, 0.717) is 16.4 Å². The lowest BCUT2D eigenvalue weighted by atomic mass is 10.1. The molecule has 27 heavy (non-hydrogen) atoms. The van der Waals surface area contributed by atoms with Gasteiger partial charge in [-0.3, -0.25) is 10.1 Å². The first kappa shape index (κ1) is 19.9. The Bertz CT molecular complexity index is 872. The van der Waals surface area contributed by atoms with Crippen molar-refractivity contribution in [3.05, 3.63) is 57.8 Å². The molecule has 142 valence electrons. The molecule has 0 aromatic heterocycles. The zero-order chi connectivity index (χ0) is 19.4. The molecular weight excluding hydrogens is 408 g/mol. The maximum Gasteiger partial charge on any atom is 0.258 e. The molecule has 1 amide bonds. The van der Waals surface area contributed by atoms with Crippen LogP contribution >= 0.6 is 35.4 Å². The summed E-state index contributed by atoms with van der Waals surface area (Å²) in [4.78, 5) is 14.3. The molecule has 0 unspecified atom stereocenters. The van der Waals surface area contributed by atoms with Crippen LogP contribution in [0.15, 0.2) is 36.4 Å². The number of anilines is 2. The van der Waals surface area contributed by atoms with Crippen LogP contribution in [0, 0.1) is 5.82 Å². The highest BCUT2D eigenvalue weighted by atomic mass is 35.5. The Morgan fingerprint density at radius 3 is 2.48 bits per heavy atom. The van der Waals surface area contributed by atoms with Crippen LogP contribution < -0.4 is 15.5 Å². The number of halogens is 3. The summed E-state index contributed by atoms with van der Waals surface area (Å²) in [5.74, 6) is -0.795. The molecule has 0 atom stereocenters. The first-order valence-electron chi connectivity index (χ1n) is 8.56. The van der Waals surface area contributed by atoms with Gasteiger partial charge in [0.1, 0.15) is 5.82 Å². The molecule has 1 heterocycles. The van der Waals surface area contributed by atoms with Gasteiger partial charge in [-0.2, -0.15) is 0 Å². The molecule has 2 N–H and O–H groups in total. The Balaban J connectivity index is 1.63. The van der Waals surface area contributed by atoms with E-state index >= 15 is 0 Å².